The quantitative estimate of drug-likeness (QED) is 0.848. The Bertz CT molecular complexity index is 368. The van der Waals surface area contributed by atoms with Crippen molar-refractivity contribution in [2.45, 2.75) is 32.4 Å². The molecule has 1 aliphatic heterocycles. The summed E-state index contributed by atoms with van der Waals surface area (Å²) in [4.78, 5) is 2.59. The summed E-state index contributed by atoms with van der Waals surface area (Å²) in [5.74, 6) is 0. The van der Waals surface area contributed by atoms with Crippen molar-refractivity contribution < 1.29 is 0 Å². The number of hydrogen-bond acceptors (Lipinski definition) is 3. The third-order valence-electron chi connectivity index (χ3n) is 4.18. The van der Waals surface area contributed by atoms with Crippen molar-refractivity contribution in [2.75, 3.05) is 33.2 Å². The molecule has 2 N–H and O–H groups in total. The van der Waals surface area contributed by atoms with Crippen LogP contribution in [-0.2, 0) is 0 Å². The second kappa shape index (κ2) is 7.04. The summed E-state index contributed by atoms with van der Waals surface area (Å²) in [6.07, 6.45) is 1.17. The molecule has 0 amide bonds. The Hall–Kier alpha value is -0.900. The third-order valence-corrected chi connectivity index (χ3v) is 4.18. The zero-order valence-corrected chi connectivity index (χ0v) is 12.4. The number of benzene rings is 1. The van der Waals surface area contributed by atoms with E-state index in [0.717, 1.165) is 13.1 Å². The number of hydrogen-bond donors (Lipinski definition) is 2. The van der Waals surface area contributed by atoms with Gasteiger partial charge in [0.2, 0.25) is 0 Å². The van der Waals surface area contributed by atoms with Crippen molar-refractivity contribution in [1.82, 2.24) is 15.5 Å². The molecule has 0 spiro atoms. The summed E-state index contributed by atoms with van der Waals surface area (Å²) in [6.45, 7) is 9.08. The number of nitrogens with zero attached hydrogens (tertiary/aromatic N) is 1. The maximum absolute atomic E-state index is 3.47. The Labute approximate surface area is 117 Å². The minimum atomic E-state index is 0.450. The molecule has 1 saturated heterocycles. The number of rotatable bonds is 5. The molecular formula is C16H27N3. The van der Waals surface area contributed by atoms with E-state index in [4.69, 9.17) is 0 Å². The summed E-state index contributed by atoms with van der Waals surface area (Å²) in [7, 11) is 2.06. The first-order chi connectivity index (χ1) is 9.20. The molecule has 3 heteroatoms. The van der Waals surface area contributed by atoms with Crippen LogP contribution in [0.4, 0.5) is 0 Å². The summed E-state index contributed by atoms with van der Waals surface area (Å²) < 4.78 is 0. The summed E-state index contributed by atoms with van der Waals surface area (Å²) >= 11 is 0. The molecule has 0 aliphatic carbocycles. The van der Waals surface area contributed by atoms with Gasteiger partial charge >= 0.3 is 0 Å². The van der Waals surface area contributed by atoms with Gasteiger partial charge in [0.25, 0.3) is 0 Å². The molecule has 0 bridgehead atoms. The second-order valence-corrected chi connectivity index (χ2v) is 5.62. The fraction of sp³-hybridized carbons (Fsp3) is 0.625. The third kappa shape index (κ3) is 4.03. The summed E-state index contributed by atoms with van der Waals surface area (Å²) in [5.41, 5.74) is 2.73. The van der Waals surface area contributed by atoms with Crippen molar-refractivity contribution >= 4 is 0 Å². The maximum atomic E-state index is 3.47. The van der Waals surface area contributed by atoms with E-state index >= 15 is 0 Å². The normalized spacial score (nSPS) is 20.2. The van der Waals surface area contributed by atoms with Crippen LogP contribution in [0.15, 0.2) is 24.3 Å². The molecule has 3 nitrogen and oxygen atoms in total. The van der Waals surface area contributed by atoms with Crippen molar-refractivity contribution in [3.05, 3.63) is 35.4 Å². The average molecular weight is 261 g/mol. The maximum Gasteiger partial charge on any atom is 0.0332 e. The fourth-order valence-electron chi connectivity index (χ4n) is 2.83. The monoisotopic (exact) mass is 261 g/mol. The molecule has 1 heterocycles. The molecule has 2 unspecified atom stereocenters. The molecule has 0 radical (unpaired) electrons. The summed E-state index contributed by atoms with van der Waals surface area (Å²) in [6, 6.07) is 9.98. The van der Waals surface area contributed by atoms with Crippen molar-refractivity contribution in [1.29, 1.82) is 0 Å². The lowest BCUT2D eigenvalue weighted by atomic mass is 9.98. The van der Waals surface area contributed by atoms with Gasteiger partial charge in [0, 0.05) is 38.3 Å². The zero-order valence-electron chi connectivity index (χ0n) is 12.4. The first kappa shape index (κ1) is 14.5. The molecule has 0 saturated carbocycles. The van der Waals surface area contributed by atoms with E-state index in [0.29, 0.717) is 12.1 Å². The van der Waals surface area contributed by atoms with Crippen LogP contribution in [0.5, 0.6) is 0 Å². The van der Waals surface area contributed by atoms with Gasteiger partial charge in [-0.25, -0.2) is 0 Å². The van der Waals surface area contributed by atoms with Gasteiger partial charge in [0.05, 0.1) is 0 Å². The molecule has 1 aromatic carbocycles. The topological polar surface area (TPSA) is 27.3 Å². The van der Waals surface area contributed by atoms with Gasteiger partial charge in [0.15, 0.2) is 0 Å². The SMILES string of the molecule is CNC(CC(C)N1CCNCC1)c1ccc(C)cc1. The molecule has 1 aliphatic rings. The Balaban J connectivity index is 1.96. The predicted molar refractivity (Wildman–Crippen MR) is 81.5 cm³/mol. The molecule has 2 atom stereocenters. The molecule has 1 fully saturated rings. The Morgan fingerprint density at radius 1 is 1.21 bits per heavy atom. The zero-order chi connectivity index (χ0) is 13.7. The highest BCUT2D eigenvalue weighted by atomic mass is 15.2. The van der Waals surface area contributed by atoms with E-state index in [1.165, 1.54) is 30.6 Å². The second-order valence-electron chi connectivity index (χ2n) is 5.62. The highest BCUT2D eigenvalue weighted by Crippen LogP contribution is 2.21. The lowest BCUT2D eigenvalue weighted by Gasteiger charge is -2.34. The van der Waals surface area contributed by atoms with Gasteiger partial charge < -0.3 is 10.6 Å². The van der Waals surface area contributed by atoms with Crippen molar-refractivity contribution in [2.24, 2.45) is 0 Å². The largest absolute Gasteiger partial charge is 0.314 e. The van der Waals surface area contributed by atoms with Crippen LogP contribution in [-0.4, -0.2) is 44.2 Å². The summed E-state index contributed by atoms with van der Waals surface area (Å²) in [5, 5.41) is 6.88. The average Bonchev–Trinajstić information content (AvgIpc) is 2.46. The van der Waals surface area contributed by atoms with Crippen LogP contribution in [0.1, 0.15) is 30.5 Å². The van der Waals surface area contributed by atoms with E-state index in [2.05, 4.69) is 60.7 Å². The van der Waals surface area contributed by atoms with E-state index in [-0.39, 0.29) is 0 Å². The van der Waals surface area contributed by atoms with Crippen LogP contribution in [0, 0.1) is 6.92 Å². The van der Waals surface area contributed by atoms with Gasteiger partial charge in [-0.2, -0.15) is 0 Å². The molecule has 106 valence electrons. The lowest BCUT2D eigenvalue weighted by molar-refractivity contribution is 0.167. The molecule has 0 aromatic heterocycles. The van der Waals surface area contributed by atoms with Gasteiger partial charge in [-0.15, -0.1) is 0 Å². The van der Waals surface area contributed by atoms with Crippen LogP contribution >= 0.6 is 0 Å². The minimum absolute atomic E-state index is 0.450. The smallest absolute Gasteiger partial charge is 0.0332 e. The van der Waals surface area contributed by atoms with Crippen LogP contribution < -0.4 is 10.6 Å². The molecule has 19 heavy (non-hydrogen) atoms. The number of aryl methyl sites for hydroxylation is 1. The fourth-order valence-corrected chi connectivity index (χ4v) is 2.83. The van der Waals surface area contributed by atoms with Gasteiger partial charge in [0.1, 0.15) is 0 Å². The van der Waals surface area contributed by atoms with E-state index in [1.807, 2.05) is 0 Å². The van der Waals surface area contributed by atoms with Crippen LogP contribution in [0.2, 0.25) is 0 Å². The van der Waals surface area contributed by atoms with Crippen molar-refractivity contribution in [3.8, 4) is 0 Å². The lowest BCUT2D eigenvalue weighted by Crippen LogP contribution is -2.48. The standard InChI is InChI=1S/C16H27N3/c1-13-4-6-15(7-5-13)16(17-3)12-14(2)19-10-8-18-9-11-19/h4-7,14,16-18H,8-12H2,1-3H3. The Morgan fingerprint density at radius 2 is 1.84 bits per heavy atom. The van der Waals surface area contributed by atoms with Gasteiger partial charge in [-0.3, -0.25) is 4.90 Å². The highest BCUT2D eigenvalue weighted by Gasteiger charge is 2.20. The minimum Gasteiger partial charge on any atom is -0.314 e. The van der Waals surface area contributed by atoms with E-state index < -0.39 is 0 Å². The van der Waals surface area contributed by atoms with E-state index in [1.54, 1.807) is 0 Å². The molecule has 2 rings (SSSR count). The Kier molecular flexibility index (Phi) is 5.37. The molecule has 1 aromatic rings. The highest BCUT2D eigenvalue weighted by molar-refractivity contribution is 5.24. The van der Waals surface area contributed by atoms with Gasteiger partial charge in [-0.1, -0.05) is 29.8 Å². The van der Waals surface area contributed by atoms with Crippen LogP contribution in [0.25, 0.3) is 0 Å². The first-order valence-electron chi connectivity index (χ1n) is 7.39. The first-order valence-corrected chi connectivity index (χ1v) is 7.39. The van der Waals surface area contributed by atoms with Crippen molar-refractivity contribution in [3.63, 3.8) is 0 Å². The molecular weight excluding hydrogens is 234 g/mol. The number of piperazine rings is 1. The Morgan fingerprint density at radius 3 is 2.42 bits per heavy atom. The van der Waals surface area contributed by atoms with Gasteiger partial charge in [-0.05, 0) is 32.9 Å². The van der Waals surface area contributed by atoms with Crippen LogP contribution in [0.3, 0.4) is 0 Å². The van der Waals surface area contributed by atoms with E-state index in [9.17, 15) is 0 Å². The predicted octanol–water partition coefficient (Wildman–Crippen LogP) is 1.94. The number of nitrogens with one attached hydrogen (secondary N) is 2.